The maximum absolute atomic E-state index is 13.1. The summed E-state index contributed by atoms with van der Waals surface area (Å²) in [5.74, 6) is 1.78. The molecule has 164 valence electrons. The van der Waals surface area contributed by atoms with Gasteiger partial charge in [-0.15, -0.1) is 12.4 Å². The fraction of sp³-hybridized carbons (Fsp3) is 0.250. The van der Waals surface area contributed by atoms with E-state index in [-0.39, 0.29) is 12.4 Å². The number of hydrogen-bond donors (Lipinski definition) is 0. The molecule has 0 aliphatic carbocycles. The fourth-order valence-corrected chi connectivity index (χ4v) is 5.04. The molecule has 0 unspecified atom stereocenters. The van der Waals surface area contributed by atoms with E-state index < -0.39 is 10.0 Å². The zero-order chi connectivity index (χ0) is 21.1. The van der Waals surface area contributed by atoms with Crippen molar-refractivity contribution in [3.05, 3.63) is 88.9 Å². The Kier molecular flexibility index (Phi) is 7.38. The van der Waals surface area contributed by atoms with Crippen molar-refractivity contribution in [3.63, 3.8) is 0 Å². The molecule has 0 spiro atoms. The number of hydrogen-bond acceptors (Lipinski definition) is 4. The molecule has 1 aromatic heterocycles. The van der Waals surface area contributed by atoms with Crippen LogP contribution in [0.2, 0.25) is 0 Å². The Bertz CT molecular complexity index is 1140. The number of rotatable bonds is 6. The second-order valence-electron chi connectivity index (χ2n) is 7.80. The third kappa shape index (κ3) is 5.46. The topological polar surface area (TPSA) is 53.8 Å². The number of nitrogens with zero attached hydrogens (tertiary/aromatic N) is 2. The summed E-state index contributed by atoms with van der Waals surface area (Å²) in [7, 11) is 0.421. The Morgan fingerprint density at radius 2 is 1.65 bits per heavy atom. The molecule has 31 heavy (non-hydrogen) atoms. The first-order chi connectivity index (χ1) is 14.4. The highest BCUT2D eigenvalue weighted by molar-refractivity contribution is 7.89. The summed E-state index contributed by atoms with van der Waals surface area (Å²) in [6.45, 7) is 1.49. The van der Waals surface area contributed by atoms with E-state index in [1.807, 2.05) is 79.7 Å². The second-order valence-corrected chi connectivity index (χ2v) is 9.74. The summed E-state index contributed by atoms with van der Waals surface area (Å²) in [5.41, 5.74) is 3.03. The van der Waals surface area contributed by atoms with Crippen molar-refractivity contribution in [1.29, 1.82) is 0 Å². The van der Waals surface area contributed by atoms with Crippen LogP contribution in [0.5, 0.6) is 0 Å². The monoisotopic (exact) mass is 458 g/mol. The molecule has 4 rings (SSSR count). The first-order valence-corrected chi connectivity index (χ1v) is 11.4. The minimum Gasteiger partial charge on any atom is -0.464 e. The third-order valence-corrected chi connectivity index (χ3v) is 7.00. The molecule has 3 aromatic rings. The maximum Gasteiger partial charge on any atom is 0.243 e. The van der Waals surface area contributed by atoms with Gasteiger partial charge in [-0.1, -0.05) is 54.6 Å². The van der Waals surface area contributed by atoms with Gasteiger partial charge in [0.1, 0.15) is 11.5 Å². The van der Waals surface area contributed by atoms with Gasteiger partial charge in [0, 0.05) is 25.1 Å². The van der Waals surface area contributed by atoms with E-state index in [2.05, 4.69) is 0 Å². The van der Waals surface area contributed by atoms with Crippen LogP contribution in [0.3, 0.4) is 0 Å². The molecule has 0 amide bonds. The molecule has 5 nitrogen and oxygen atoms in total. The van der Waals surface area contributed by atoms with Crippen LogP contribution in [0.4, 0.5) is 0 Å². The lowest BCUT2D eigenvalue weighted by molar-refractivity contribution is 0.325. The van der Waals surface area contributed by atoms with Crippen molar-refractivity contribution in [2.75, 3.05) is 20.6 Å². The van der Waals surface area contributed by atoms with E-state index >= 15 is 0 Å². The van der Waals surface area contributed by atoms with Crippen molar-refractivity contribution in [2.24, 2.45) is 0 Å². The SMILES string of the molecule is CN(C)Cc1cc2c(o1)CCN(S(=O)(=O)c1ccc(/C=C\c3ccccc3)cc1)C2.Cl. The molecule has 0 saturated carbocycles. The van der Waals surface area contributed by atoms with Crippen molar-refractivity contribution in [2.45, 2.75) is 24.4 Å². The average Bonchev–Trinajstić information content (AvgIpc) is 3.14. The Morgan fingerprint density at radius 1 is 1.00 bits per heavy atom. The van der Waals surface area contributed by atoms with Gasteiger partial charge in [0.05, 0.1) is 11.4 Å². The summed E-state index contributed by atoms with van der Waals surface area (Å²) < 4.78 is 33.7. The van der Waals surface area contributed by atoms with E-state index in [0.29, 0.717) is 31.0 Å². The number of furan rings is 1. The van der Waals surface area contributed by atoms with Crippen LogP contribution in [0.15, 0.2) is 70.0 Å². The number of halogens is 1. The normalized spacial score (nSPS) is 14.5. The summed E-state index contributed by atoms with van der Waals surface area (Å²) in [6, 6.07) is 19.0. The molecule has 0 atom stereocenters. The molecule has 0 fully saturated rings. The van der Waals surface area contributed by atoms with Crippen molar-refractivity contribution >= 4 is 34.6 Å². The van der Waals surface area contributed by atoms with Gasteiger partial charge in [-0.25, -0.2) is 8.42 Å². The van der Waals surface area contributed by atoms with Crippen LogP contribution in [0.25, 0.3) is 12.2 Å². The summed E-state index contributed by atoms with van der Waals surface area (Å²) in [5, 5.41) is 0. The van der Waals surface area contributed by atoms with Gasteiger partial charge in [0.15, 0.2) is 0 Å². The van der Waals surface area contributed by atoms with Gasteiger partial charge in [-0.3, -0.25) is 0 Å². The summed E-state index contributed by atoms with van der Waals surface area (Å²) in [4.78, 5) is 2.35. The molecule has 7 heteroatoms. The molecule has 1 aliphatic heterocycles. The van der Waals surface area contributed by atoms with Crippen molar-refractivity contribution < 1.29 is 12.8 Å². The van der Waals surface area contributed by atoms with E-state index in [0.717, 1.165) is 28.2 Å². The van der Waals surface area contributed by atoms with Crippen LogP contribution in [-0.4, -0.2) is 38.3 Å². The van der Waals surface area contributed by atoms with Gasteiger partial charge < -0.3 is 9.32 Å². The van der Waals surface area contributed by atoms with Crippen LogP contribution >= 0.6 is 12.4 Å². The lowest BCUT2D eigenvalue weighted by atomic mass is 10.1. The van der Waals surface area contributed by atoms with E-state index in [1.165, 1.54) is 0 Å². The summed E-state index contributed by atoms with van der Waals surface area (Å²) >= 11 is 0. The minimum absolute atomic E-state index is 0. The Labute approximate surface area is 190 Å². The second kappa shape index (κ2) is 9.83. The van der Waals surface area contributed by atoms with Gasteiger partial charge in [-0.05, 0) is 43.4 Å². The van der Waals surface area contributed by atoms with E-state index in [1.54, 1.807) is 16.4 Å². The van der Waals surface area contributed by atoms with E-state index in [4.69, 9.17) is 4.42 Å². The maximum atomic E-state index is 13.1. The van der Waals surface area contributed by atoms with Crippen LogP contribution < -0.4 is 0 Å². The molecule has 0 bridgehead atoms. The first kappa shape index (κ1) is 23.3. The zero-order valence-corrected chi connectivity index (χ0v) is 19.3. The van der Waals surface area contributed by atoms with Crippen molar-refractivity contribution in [3.8, 4) is 0 Å². The van der Waals surface area contributed by atoms with Gasteiger partial charge in [0.25, 0.3) is 0 Å². The zero-order valence-electron chi connectivity index (χ0n) is 17.7. The lowest BCUT2D eigenvalue weighted by Crippen LogP contribution is -2.35. The molecular formula is C24H27ClN2O3S. The molecule has 0 radical (unpaired) electrons. The van der Waals surface area contributed by atoms with Gasteiger partial charge in [-0.2, -0.15) is 4.31 Å². The highest BCUT2D eigenvalue weighted by Crippen LogP contribution is 2.28. The molecule has 0 saturated heterocycles. The molecule has 2 aromatic carbocycles. The van der Waals surface area contributed by atoms with Crippen LogP contribution in [0, 0.1) is 0 Å². The van der Waals surface area contributed by atoms with Crippen LogP contribution in [0.1, 0.15) is 28.2 Å². The highest BCUT2D eigenvalue weighted by atomic mass is 35.5. The number of fused-ring (bicyclic) bond motifs is 1. The van der Waals surface area contributed by atoms with Crippen molar-refractivity contribution in [1.82, 2.24) is 9.21 Å². The molecular weight excluding hydrogens is 432 g/mol. The van der Waals surface area contributed by atoms with E-state index in [9.17, 15) is 8.42 Å². The number of benzene rings is 2. The van der Waals surface area contributed by atoms with Crippen LogP contribution in [-0.2, 0) is 29.5 Å². The quantitative estimate of drug-likeness (QED) is 0.503. The largest absolute Gasteiger partial charge is 0.464 e. The lowest BCUT2D eigenvalue weighted by Gasteiger charge is -2.25. The third-order valence-electron chi connectivity index (χ3n) is 5.14. The Hall–Kier alpha value is -2.38. The molecule has 0 N–H and O–H groups in total. The average molecular weight is 459 g/mol. The smallest absolute Gasteiger partial charge is 0.243 e. The Morgan fingerprint density at radius 3 is 2.29 bits per heavy atom. The Balaban J connectivity index is 0.00000272. The first-order valence-electron chi connectivity index (χ1n) is 10.0. The van der Waals surface area contributed by atoms with Gasteiger partial charge >= 0.3 is 0 Å². The minimum atomic E-state index is -3.55. The van der Waals surface area contributed by atoms with Gasteiger partial charge in [0.2, 0.25) is 10.0 Å². The standard InChI is InChI=1S/C24H26N2O3S.ClH/c1-25(2)18-22-16-21-17-26(15-14-24(21)29-22)30(27,28)23-12-10-20(11-13-23)9-8-19-6-4-3-5-7-19;/h3-13,16H,14-15,17-18H2,1-2H3;1H/b9-8-;. The fourth-order valence-electron chi connectivity index (χ4n) is 3.62. The predicted molar refractivity (Wildman–Crippen MR) is 126 cm³/mol. The molecule has 1 aliphatic rings. The highest BCUT2D eigenvalue weighted by Gasteiger charge is 2.30. The predicted octanol–water partition coefficient (Wildman–Crippen LogP) is 4.68. The summed E-state index contributed by atoms with van der Waals surface area (Å²) in [6.07, 6.45) is 4.59. The number of sulfonamides is 1. The molecule has 2 heterocycles.